The van der Waals surface area contributed by atoms with Crippen LogP contribution in [0.25, 0.3) is 5.69 Å². The molecule has 2 rings (SSSR count). The number of H-pyrrole nitrogens is 1. The molecule has 0 saturated heterocycles. The van der Waals surface area contributed by atoms with Gasteiger partial charge in [-0.2, -0.15) is 9.78 Å². The molecule has 0 amide bonds. The van der Waals surface area contributed by atoms with E-state index in [0.29, 0.717) is 4.68 Å². The summed E-state index contributed by atoms with van der Waals surface area (Å²) in [5.41, 5.74) is -2.99. The van der Waals surface area contributed by atoms with Crippen LogP contribution in [0.3, 0.4) is 0 Å². The number of benzene rings is 1. The van der Waals surface area contributed by atoms with Crippen molar-refractivity contribution in [3.8, 4) is 11.4 Å². The maximum Gasteiger partial charge on any atom is 0.362 e. The van der Waals surface area contributed by atoms with E-state index in [1.54, 1.807) is 4.98 Å². The molecule has 0 radical (unpaired) electrons. The number of nitrogens with one attached hydrogen (secondary N) is 1. The third-order valence-electron chi connectivity index (χ3n) is 2.28. The molecule has 0 saturated carbocycles. The smallest absolute Gasteiger partial charge is 0.362 e. The van der Waals surface area contributed by atoms with Crippen molar-refractivity contribution in [1.29, 1.82) is 0 Å². The number of halogens is 2. The zero-order valence-corrected chi connectivity index (χ0v) is 10.9. The van der Waals surface area contributed by atoms with E-state index in [1.807, 2.05) is 0 Å². The fourth-order valence-electron chi connectivity index (χ4n) is 1.39. The van der Waals surface area contributed by atoms with E-state index in [2.05, 4.69) is 5.10 Å². The fraction of sp³-hybridized carbons (Fsp3) is 0. The minimum absolute atomic E-state index is 0.0125. The Balaban J connectivity index is 2.76. The lowest BCUT2D eigenvalue weighted by Gasteiger charge is -2.07. The van der Waals surface area contributed by atoms with Crippen molar-refractivity contribution in [1.82, 2.24) is 14.8 Å². The standard InChI is InChI=1S/C10H5Cl2N3O5/c11-4-1-3(2-5(12)7(4)16)15-10(20)13-8(17)6(14-15)9(18)19/h1-2,16H,(H,18,19)(H,13,17,20). The Morgan fingerprint density at radius 3 is 2.30 bits per heavy atom. The quantitative estimate of drug-likeness (QED) is 0.746. The van der Waals surface area contributed by atoms with Gasteiger partial charge in [-0.25, -0.2) is 9.59 Å². The van der Waals surface area contributed by atoms with Gasteiger partial charge >= 0.3 is 11.7 Å². The van der Waals surface area contributed by atoms with Crippen LogP contribution in [-0.4, -0.2) is 30.9 Å². The van der Waals surface area contributed by atoms with Crippen molar-refractivity contribution in [3.05, 3.63) is 48.7 Å². The molecule has 1 aromatic heterocycles. The number of carboxylic acid groups (broad SMARTS) is 1. The SMILES string of the molecule is O=C(O)c1nn(-c2cc(Cl)c(O)c(Cl)c2)c(=O)[nH]c1=O. The molecule has 0 unspecified atom stereocenters. The van der Waals surface area contributed by atoms with E-state index in [4.69, 9.17) is 28.3 Å². The fourth-order valence-corrected chi connectivity index (χ4v) is 1.86. The monoisotopic (exact) mass is 317 g/mol. The van der Waals surface area contributed by atoms with Gasteiger partial charge in [-0.1, -0.05) is 23.2 Å². The first-order valence-corrected chi connectivity index (χ1v) is 5.72. The number of carboxylic acids is 1. The number of aromatic nitrogens is 3. The Bertz CT molecular complexity index is 803. The third kappa shape index (κ3) is 2.38. The second-order valence-corrected chi connectivity index (χ2v) is 4.40. The summed E-state index contributed by atoms with van der Waals surface area (Å²) in [4.78, 5) is 35.5. The summed E-state index contributed by atoms with van der Waals surface area (Å²) >= 11 is 11.4. The molecular weight excluding hydrogens is 313 g/mol. The van der Waals surface area contributed by atoms with Gasteiger partial charge in [-0.05, 0) is 12.1 Å². The number of hydrogen-bond donors (Lipinski definition) is 3. The van der Waals surface area contributed by atoms with Crippen LogP contribution in [0.2, 0.25) is 10.0 Å². The molecule has 0 spiro atoms. The zero-order valence-electron chi connectivity index (χ0n) is 9.42. The first-order valence-electron chi connectivity index (χ1n) is 4.96. The average Bonchev–Trinajstić information content (AvgIpc) is 2.35. The predicted molar refractivity (Wildman–Crippen MR) is 69.1 cm³/mol. The van der Waals surface area contributed by atoms with E-state index < -0.39 is 28.7 Å². The zero-order chi connectivity index (χ0) is 15.0. The van der Waals surface area contributed by atoms with Crippen molar-refractivity contribution in [2.75, 3.05) is 0 Å². The maximum atomic E-state index is 11.6. The van der Waals surface area contributed by atoms with E-state index in [1.165, 1.54) is 0 Å². The predicted octanol–water partition coefficient (Wildman–Crippen LogP) is 0.631. The van der Waals surface area contributed by atoms with Crippen LogP contribution in [-0.2, 0) is 0 Å². The molecule has 0 aliphatic heterocycles. The largest absolute Gasteiger partial charge is 0.505 e. The molecule has 3 N–H and O–H groups in total. The van der Waals surface area contributed by atoms with Gasteiger partial charge < -0.3 is 10.2 Å². The summed E-state index contributed by atoms with van der Waals surface area (Å²) in [6.07, 6.45) is 0. The minimum Gasteiger partial charge on any atom is -0.505 e. The van der Waals surface area contributed by atoms with Crippen LogP contribution in [0.5, 0.6) is 5.75 Å². The number of rotatable bonds is 2. The van der Waals surface area contributed by atoms with Gasteiger partial charge in [0.15, 0.2) is 5.75 Å². The van der Waals surface area contributed by atoms with E-state index in [0.717, 1.165) is 12.1 Å². The van der Waals surface area contributed by atoms with Crippen molar-refractivity contribution in [3.63, 3.8) is 0 Å². The molecule has 0 bridgehead atoms. The van der Waals surface area contributed by atoms with Crippen LogP contribution >= 0.6 is 23.2 Å². The summed E-state index contributed by atoms with van der Waals surface area (Å²) < 4.78 is 0.599. The van der Waals surface area contributed by atoms with E-state index in [-0.39, 0.29) is 15.7 Å². The Labute approximate surface area is 119 Å². The summed E-state index contributed by atoms with van der Waals surface area (Å²) in [6, 6.07) is 2.28. The summed E-state index contributed by atoms with van der Waals surface area (Å²) in [6.45, 7) is 0. The molecule has 0 aliphatic carbocycles. The molecule has 20 heavy (non-hydrogen) atoms. The highest BCUT2D eigenvalue weighted by atomic mass is 35.5. The van der Waals surface area contributed by atoms with Crippen molar-refractivity contribution < 1.29 is 15.0 Å². The molecule has 1 aromatic carbocycles. The van der Waals surface area contributed by atoms with Gasteiger partial charge in [0.05, 0.1) is 15.7 Å². The van der Waals surface area contributed by atoms with E-state index >= 15 is 0 Å². The summed E-state index contributed by atoms with van der Waals surface area (Å²) in [5, 5.41) is 21.3. The van der Waals surface area contributed by atoms with Crippen molar-refractivity contribution in [2.45, 2.75) is 0 Å². The van der Waals surface area contributed by atoms with Crippen LogP contribution < -0.4 is 11.2 Å². The van der Waals surface area contributed by atoms with Crippen LogP contribution in [0.15, 0.2) is 21.7 Å². The molecule has 0 fully saturated rings. The molecule has 8 nitrogen and oxygen atoms in total. The highest BCUT2D eigenvalue weighted by Crippen LogP contribution is 2.33. The van der Waals surface area contributed by atoms with Crippen molar-refractivity contribution in [2.24, 2.45) is 0 Å². The second kappa shape index (κ2) is 4.99. The highest BCUT2D eigenvalue weighted by molar-refractivity contribution is 6.37. The number of aromatic carboxylic acids is 1. The number of nitrogens with zero attached hydrogens (tertiary/aromatic N) is 2. The van der Waals surface area contributed by atoms with Crippen LogP contribution in [0, 0.1) is 0 Å². The Kier molecular flexibility index (Phi) is 3.51. The average molecular weight is 318 g/mol. The van der Waals surface area contributed by atoms with Crippen LogP contribution in [0.1, 0.15) is 10.5 Å². The second-order valence-electron chi connectivity index (χ2n) is 3.58. The minimum atomic E-state index is -1.60. The van der Waals surface area contributed by atoms with Gasteiger partial charge in [-0.15, -0.1) is 0 Å². The molecular formula is C10H5Cl2N3O5. The molecule has 1 heterocycles. The number of aromatic hydroxyl groups is 1. The number of hydrogen-bond acceptors (Lipinski definition) is 5. The first kappa shape index (κ1) is 14.1. The molecule has 104 valence electrons. The lowest BCUT2D eigenvalue weighted by atomic mass is 10.3. The molecule has 0 atom stereocenters. The topological polar surface area (TPSA) is 125 Å². The van der Waals surface area contributed by atoms with Crippen LogP contribution in [0.4, 0.5) is 0 Å². The van der Waals surface area contributed by atoms with Gasteiger partial charge in [0.2, 0.25) is 5.69 Å². The number of carbonyl (C=O) groups is 1. The maximum absolute atomic E-state index is 11.6. The van der Waals surface area contributed by atoms with Gasteiger partial charge in [0.1, 0.15) is 0 Å². The Morgan fingerprint density at radius 2 is 1.80 bits per heavy atom. The summed E-state index contributed by atoms with van der Waals surface area (Å²) in [5.74, 6) is -2.00. The lowest BCUT2D eigenvalue weighted by Crippen LogP contribution is -2.35. The summed E-state index contributed by atoms with van der Waals surface area (Å²) in [7, 11) is 0. The van der Waals surface area contributed by atoms with Gasteiger partial charge in [0, 0.05) is 0 Å². The first-order chi connectivity index (χ1) is 9.31. The normalized spacial score (nSPS) is 10.5. The van der Waals surface area contributed by atoms with E-state index in [9.17, 15) is 19.5 Å². The number of phenols is 1. The molecule has 10 heteroatoms. The number of phenolic OH excluding ortho intramolecular Hbond substituents is 1. The molecule has 2 aromatic rings. The third-order valence-corrected chi connectivity index (χ3v) is 2.85. The van der Waals surface area contributed by atoms with Crippen molar-refractivity contribution >= 4 is 29.2 Å². The lowest BCUT2D eigenvalue weighted by molar-refractivity contribution is 0.0685. The Morgan fingerprint density at radius 1 is 1.25 bits per heavy atom. The highest BCUT2D eigenvalue weighted by Gasteiger charge is 2.16. The van der Waals surface area contributed by atoms with Gasteiger partial charge in [-0.3, -0.25) is 9.78 Å². The molecule has 0 aliphatic rings. The van der Waals surface area contributed by atoms with Gasteiger partial charge in [0.25, 0.3) is 5.56 Å². The Hall–Kier alpha value is -2.32. The number of aromatic amines is 1.